The number of fused-ring (bicyclic) bond motifs is 3. The molecule has 2 N–H and O–H groups in total. The zero-order chi connectivity index (χ0) is 22.1. The molecule has 1 aliphatic carbocycles. The molecule has 2 aromatic carbocycles. The lowest BCUT2D eigenvalue weighted by Gasteiger charge is -2.26. The Labute approximate surface area is 190 Å². The van der Waals surface area contributed by atoms with Crippen molar-refractivity contribution in [3.8, 4) is 5.75 Å². The molecule has 1 fully saturated rings. The van der Waals surface area contributed by atoms with Crippen LogP contribution in [0.4, 0.5) is 5.82 Å². The zero-order valence-electron chi connectivity index (χ0n) is 17.9. The molecule has 1 aliphatic rings. The van der Waals surface area contributed by atoms with Crippen molar-refractivity contribution in [1.29, 1.82) is 0 Å². The van der Waals surface area contributed by atoms with Crippen LogP contribution in [0.2, 0.25) is 0 Å². The summed E-state index contributed by atoms with van der Waals surface area (Å²) < 4.78 is 6.12. The number of nitrogens with one attached hydrogen (secondary N) is 1. The first-order chi connectivity index (χ1) is 15.6. The lowest BCUT2D eigenvalue weighted by atomic mass is 9.81. The number of anilines is 1. The maximum atomic E-state index is 11.9. The van der Waals surface area contributed by atoms with E-state index in [4.69, 9.17) is 14.7 Å². The van der Waals surface area contributed by atoms with Crippen LogP contribution in [0, 0.1) is 5.92 Å². The minimum Gasteiger partial charge on any atom is -0.508 e. The molecular weight excluding hydrogens is 422 g/mol. The summed E-state index contributed by atoms with van der Waals surface area (Å²) in [5.74, 6) is 2.05. The van der Waals surface area contributed by atoms with E-state index in [2.05, 4.69) is 17.4 Å². The molecule has 0 atom stereocenters. The summed E-state index contributed by atoms with van der Waals surface area (Å²) in [4.78, 5) is 22.8. The van der Waals surface area contributed by atoms with Gasteiger partial charge in [0.15, 0.2) is 0 Å². The monoisotopic (exact) mass is 447 g/mol. The number of hydrogen-bond acceptors (Lipinski definition) is 7. The van der Waals surface area contributed by atoms with Crippen molar-refractivity contribution in [1.82, 2.24) is 9.97 Å². The van der Waals surface area contributed by atoms with Crippen LogP contribution in [-0.2, 0) is 16.1 Å². The van der Waals surface area contributed by atoms with Crippen molar-refractivity contribution < 1.29 is 14.6 Å². The van der Waals surface area contributed by atoms with Crippen molar-refractivity contribution in [2.24, 2.45) is 5.92 Å². The number of nitrogens with zero attached hydrogens (tertiary/aromatic N) is 2. The van der Waals surface area contributed by atoms with Crippen LogP contribution in [0.15, 0.2) is 48.5 Å². The molecule has 0 saturated heterocycles. The van der Waals surface area contributed by atoms with E-state index in [0.717, 1.165) is 58.5 Å². The van der Waals surface area contributed by atoms with Crippen LogP contribution in [0.25, 0.3) is 20.3 Å². The zero-order valence-corrected chi connectivity index (χ0v) is 18.7. The van der Waals surface area contributed by atoms with Crippen LogP contribution in [0.5, 0.6) is 5.75 Å². The van der Waals surface area contributed by atoms with E-state index in [9.17, 15) is 9.90 Å². The average Bonchev–Trinajstić information content (AvgIpc) is 3.22. The van der Waals surface area contributed by atoms with Crippen LogP contribution in [0.1, 0.15) is 43.0 Å². The van der Waals surface area contributed by atoms with E-state index in [1.807, 2.05) is 24.3 Å². The van der Waals surface area contributed by atoms with Crippen molar-refractivity contribution >= 4 is 43.4 Å². The second-order valence-corrected chi connectivity index (χ2v) is 9.33. The maximum Gasteiger partial charge on any atom is 0.308 e. The highest BCUT2D eigenvalue weighted by atomic mass is 32.1. The number of rotatable bonds is 5. The van der Waals surface area contributed by atoms with E-state index < -0.39 is 0 Å². The molecule has 0 amide bonds. The first kappa shape index (κ1) is 20.7. The highest BCUT2D eigenvalue weighted by Crippen LogP contribution is 2.40. The normalized spacial score (nSPS) is 18.7. The van der Waals surface area contributed by atoms with Gasteiger partial charge in [-0.15, -0.1) is 11.3 Å². The number of aromatic nitrogens is 2. The Kier molecular flexibility index (Phi) is 5.66. The van der Waals surface area contributed by atoms with Crippen molar-refractivity contribution in [2.75, 3.05) is 12.4 Å². The largest absolute Gasteiger partial charge is 0.508 e. The summed E-state index contributed by atoms with van der Waals surface area (Å²) in [7, 11) is 1.46. The van der Waals surface area contributed by atoms with E-state index in [1.54, 1.807) is 23.5 Å². The number of thiophene rings is 1. The molecule has 0 bridgehead atoms. The highest BCUT2D eigenvalue weighted by Gasteiger charge is 2.30. The molecule has 164 valence electrons. The Morgan fingerprint density at radius 1 is 1.09 bits per heavy atom. The molecule has 7 heteroatoms. The fraction of sp³-hybridized carbons (Fsp3) is 0.320. The molecule has 0 radical (unpaired) electrons. The van der Waals surface area contributed by atoms with Crippen LogP contribution >= 0.6 is 11.3 Å². The van der Waals surface area contributed by atoms with Gasteiger partial charge >= 0.3 is 5.97 Å². The third-order valence-corrected chi connectivity index (χ3v) is 7.34. The van der Waals surface area contributed by atoms with Crippen LogP contribution in [-0.4, -0.2) is 28.2 Å². The van der Waals surface area contributed by atoms with Gasteiger partial charge in [-0.3, -0.25) is 4.79 Å². The number of phenols is 1. The summed E-state index contributed by atoms with van der Waals surface area (Å²) in [6.45, 7) is 0.602. The van der Waals surface area contributed by atoms with E-state index in [-0.39, 0.29) is 23.6 Å². The SMILES string of the molecule is COC(=O)C1CCC(c2nc(NCc3ccc(O)cc3)c3c(n2)sc2ccccc23)CC1. The topological polar surface area (TPSA) is 84.3 Å². The van der Waals surface area contributed by atoms with Gasteiger partial charge in [-0.1, -0.05) is 30.3 Å². The van der Waals surface area contributed by atoms with E-state index >= 15 is 0 Å². The number of carbonyl (C=O) groups excluding carboxylic acids is 1. The minimum absolute atomic E-state index is 0.0172. The third kappa shape index (κ3) is 4.00. The highest BCUT2D eigenvalue weighted by molar-refractivity contribution is 7.25. The number of methoxy groups -OCH3 is 1. The Bertz CT molecular complexity index is 1260. The number of hydrogen-bond donors (Lipinski definition) is 2. The fourth-order valence-electron chi connectivity index (χ4n) is 4.50. The van der Waals surface area contributed by atoms with Gasteiger partial charge in [0.25, 0.3) is 0 Å². The smallest absolute Gasteiger partial charge is 0.308 e. The molecule has 5 rings (SSSR count). The number of ether oxygens (including phenoxy) is 1. The summed E-state index contributed by atoms with van der Waals surface area (Å²) in [6.07, 6.45) is 3.38. The summed E-state index contributed by atoms with van der Waals surface area (Å²) in [6, 6.07) is 15.5. The molecule has 0 unspecified atom stereocenters. The Balaban J connectivity index is 1.48. The van der Waals surface area contributed by atoms with Gasteiger partial charge in [0.2, 0.25) is 0 Å². The maximum absolute atomic E-state index is 11.9. The number of esters is 1. The molecule has 0 spiro atoms. The van der Waals surface area contributed by atoms with Crippen molar-refractivity contribution in [2.45, 2.75) is 38.1 Å². The van der Waals surface area contributed by atoms with E-state index in [0.29, 0.717) is 6.54 Å². The van der Waals surface area contributed by atoms with Gasteiger partial charge in [0.05, 0.1) is 18.4 Å². The van der Waals surface area contributed by atoms with Gasteiger partial charge in [0, 0.05) is 22.5 Å². The van der Waals surface area contributed by atoms with Crippen molar-refractivity contribution in [3.05, 3.63) is 59.9 Å². The average molecular weight is 448 g/mol. The number of phenolic OH excluding ortho intramolecular Hbond substituents is 1. The molecule has 6 nitrogen and oxygen atoms in total. The number of aromatic hydroxyl groups is 1. The van der Waals surface area contributed by atoms with Gasteiger partial charge in [-0.2, -0.15) is 0 Å². The number of benzene rings is 2. The molecule has 1 saturated carbocycles. The first-order valence-corrected chi connectivity index (χ1v) is 11.7. The molecule has 0 aliphatic heterocycles. The van der Waals surface area contributed by atoms with E-state index in [1.165, 1.54) is 11.8 Å². The first-order valence-electron chi connectivity index (χ1n) is 10.9. The fourth-order valence-corrected chi connectivity index (χ4v) is 5.59. The van der Waals surface area contributed by atoms with Gasteiger partial charge in [-0.05, 0) is 49.4 Å². The molecule has 2 heterocycles. The number of carbonyl (C=O) groups is 1. The molecule has 4 aromatic rings. The second kappa shape index (κ2) is 8.74. The summed E-state index contributed by atoms with van der Waals surface area (Å²) >= 11 is 1.69. The second-order valence-electron chi connectivity index (χ2n) is 8.30. The molecule has 2 aromatic heterocycles. The standard InChI is InChI=1S/C25H25N3O3S/c1-31-25(30)17-10-8-16(9-11-17)22-27-23(26-14-15-6-12-18(29)13-7-15)21-19-4-2-3-5-20(19)32-24(21)28-22/h2-7,12-13,16-17,29H,8-11,14H2,1H3,(H,26,27,28). The Hall–Kier alpha value is -3.19. The lowest BCUT2D eigenvalue weighted by Crippen LogP contribution is -2.23. The summed E-state index contributed by atoms with van der Waals surface area (Å²) in [5, 5.41) is 15.3. The third-order valence-electron chi connectivity index (χ3n) is 6.28. The Morgan fingerprint density at radius 3 is 2.59 bits per heavy atom. The summed E-state index contributed by atoms with van der Waals surface area (Å²) in [5.41, 5.74) is 1.06. The predicted molar refractivity (Wildman–Crippen MR) is 127 cm³/mol. The molecule has 32 heavy (non-hydrogen) atoms. The van der Waals surface area contributed by atoms with Crippen molar-refractivity contribution in [3.63, 3.8) is 0 Å². The van der Waals surface area contributed by atoms with Crippen LogP contribution in [0.3, 0.4) is 0 Å². The minimum atomic E-state index is -0.111. The molecular formula is C25H25N3O3S. The Morgan fingerprint density at radius 2 is 1.84 bits per heavy atom. The lowest BCUT2D eigenvalue weighted by molar-refractivity contribution is -0.146. The van der Waals surface area contributed by atoms with Gasteiger partial charge in [0.1, 0.15) is 22.2 Å². The predicted octanol–water partition coefficient (Wildman–Crippen LogP) is 5.61. The van der Waals surface area contributed by atoms with Gasteiger partial charge < -0.3 is 15.2 Å². The van der Waals surface area contributed by atoms with Gasteiger partial charge in [-0.25, -0.2) is 9.97 Å². The quantitative estimate of drug-likeness (QED) is 0.387. The van der Waals surface area contributed by atoms with Crippen LogP contribution < -0.4 is 5.32 Å².